The van der Waals surface area contributed by atoms with Crippen molar-refractivity contribution in [2.24, 2.45) is 0 Å². The molecule has 7 heteroatoms. The predicted molar refractivity (Wildman–Crippen MR) is 112 cm³/mol. The summed E-state index contributed by atoms with van der Waals surface area (Å²) in [5, 5.41) is 6.89. The average molecular weight is 375 g/mol. The van der Waals surface area contributed by atoms with Gasteiger partial charge in [0.1, 0.15) is 5.82 Å². The minimum absolute atomic E-state index is 0.861. The molecule has 0 spiro atoms. The van der Waals surface area contributed by atoms with E-state index in [1.54, 1.807) is 0 Å². The first-order valence-corrected chi connectivity index (χ1v) is 10.0. The first-order valence-electron chi connectivity index (χ1n) is 10.0. The Labute approximate surface area is 165 Å². The third kappa shape index (κ3) is 3.40. The summed E-state index contributed by atoms with van der Waals surface area (Å²) in [4.78, 5) is 16.5. The van der Waals surface area contributed by atoms with E-state index in [9.17, 15) is 0 Å². The molecule has 1 N–H and O–H groups in total. The molecule has 2 aliphatic heterocycles. The van der Waals surface area contributed by atoms with Gasteiger partial charge in [0.15, 0.2) is 0 Å². The number of nitrogens with one attached hydrogen (secondary N) is 1. The van der Waals surface area contributed by atoms with E-state index < -0.39 is 0 Å². The van der Waals surface area contributed by atoms with Gasteiger partial charge < -0.3 is 14.7 Å². The summed E-state index contributed by atoms with van der Waals surface area (Å²) < 4.78 is 0. The van der Waals surface area contributed by atoms with Gasteiger partial charge in [-0.3, -0.25) is 5.10 Å². The number of H-pyrrole nitrogens is 1. The highest BCUT2D eigenvalue weighted by Crippen LogP contribution is 2.24. The van der Waals surface area contributed by atoms with E-state index >= 15 is 0 Å². The zero-order chi connectivity index (χ0) is 18.8. The fourth-order valence-electron chi connectivity index (χ4n) is 4.05. The first kappa shape index (κ1) is 17.0. The van der Waals surface area contributed by atoms with Crippen LogP contribution in [-0.2, 0) is 0 Å². The normalized spacial score (nSPS) is 17.4. The van der Waals surface area contributed by atoms with Crippen molar-refractivity contribution in [2.75, 3.05) is 54.0 Å². The van der Waals surface area contributed by atoms with Gasteiger partial charge in [-0.05, 0) is 36.6 Å². The summed E-state index contributed by atoms with van der Waals surface area (Å²) in [7, 11) is 0. The summed E-state index contributed by atoms with van der Waals surface area (Å²) in [5.74, 6) is 1.93. The predicted octanol–water partition coefficient (Wildman–Crippen LogP) is 2.79. The van der Waals surface area contributed by atoms with E-state index in [1.165, 1.54) is 24.1 Å². The topological polar surface area (TPSA) is 64.2 Å². The molecule has 0 amide bonds. The highest BCUT2D eigenvalue weighted by Gasteiger charge is 2.21. The number of hydrogen-bond donors (Lipinski definition) is 1. The summed E-state index contributed by atoms with van der Waals surface area (Å²) in [6.45, 7) is 6.04. The monoisotopic (exact) mass is 375 g/mol. The molecule has 0 aliphatic carbocycles. The van der Waals surface area contributed by atoms with Gasteiger partial charge >= 0.3 is 0 Å². The second-order valence-electron chi connectivity index (χ2n) is 7.42. The molecule has 5 rings (SSSR count). The van der Waals surface area contributed by atoms with Crippen LogP contribution >= 0.6 is 0 Å². The van der Waals surface area contributed by atoms with Crippen molar-refractivity contribution in [3.63, 3.8) is 0 Å². The molecule has 0 saturated carbocycles. The van der Waals surface area contributed by atoms with Gasteiger partial charge in [0.05, 0.1) is 6.20 Å². The molecule has 28 heavy (non-hydrogen) atoms. The highest BCUT2D eigenvalue weighted by molar-refractivity contribution is 5.65. The minimum Gasteiger partial charge on any atom is -0.368 e. The number of nitrogens with zero attached hydrogens (tertiary/aromatic N) is 6. The van der Waals surface area contributed by atoms with E-state index in [0.29, 0.717) is 0 Å². The Hall–Kier alpha value is -3.09. The number of hydrogen-bond acceptors (Lipinski definition) is 6. The minimum atomic E-state index is 0.861. The van der Waals surface area contributed by atoms with Crippen molar-refractivity contribution in [1.29, 1.82) is 0 Å². The third-order valence-corrected chi connectivity index (χ3v) is 5.68. The number of anilines is 3. The standard InChI is InChI=1S/C21H25N7/c1-2-10-27(9-1)20-7-8-22-21(25-20)28-13-11-26(12-14-28)19-5-3-17(4-6-19)18-15-23-24-16-18/h3-8,15-16H,1-2,9-14H2,(H,23,24). The highest BCUT2D eigenvalue weighted by atomic mass is 15.3. The van der Waals surface area contributed by atoms with E-state index in [-0.39, 0.29) is 0 Å². The smallest absolute Gasteiger partial charge is 0.227 e. The molecule has 2 fully saturated rings. The fraction of sp³-hybridized carbons (Fsp3) is 0.381. The van der Waals surface area contributed by atoms with Gasteiger partial charge in [0, 0.05) is 62.9 Å². The van der Waals surface area contributed by atoms with Gasteiger partial charge in [-0.2, -0.15) is 10.1 Å². The van der Waals surface area contributed by atoms with Crippen LogP contribution in [0.4, 0.5) is 17.5 Å². The second-order valence-corrected chi connectivity index (χ2v) is 7.42. The zero-order valence-electron chi connectivity index (χ0n) is 16.0. The van der Waals surface area contributed by atoms with E-state index in [1.807, 2.05) is 24.7 Å². The van der Waals surface area contributed by atoms with Crippen molar-refractivity contribution in [3.05, 3.63) is 48.9 Å². The Kier molecular flexibility index (Phi) is 4.56. The molecule has 2 saturated heterocycles. The maximum Gasteiger partial charge on any atom is 0.227 e. The maximum atomic E-state index is 4.83. The van der Waals surface area contributed by atoms with Crippen molar-refractivity contribution in [3.8, 4) is 11.1 Å². The Bertz CT molecular complexity index is 893. The molecule has 7 nitrogen and oxygen atoms in total. The fourth-order valence-corrected chi connectivity index (χ4v) is 4.05. The lowest BCUT2D eigenvalue weighted by Gasteiger charge is -2.36. The van der Waals surface area contributed by atoms with Crippen LogP contribution in [0.15, 0.2) is 48.9 Å². The quantitative estimate of drug-likeness (QED) is 0.757. The van der Waals surface area contributed by atoms with E-state index in [0.717, 1.165) is 56.6 Å². The third-order valence-electron chi connectivity index (χ3n) is 5.68. The van der Waals surface area contributed by atoms with Crippen LogP contribution in [0.2, 0.25) is 0 Å². The van der Waals surface area contributed by atoms with Crippen LogP contribution < -0.4 is 14.7 Å². The van der Waals surface area contributed by atoms with Crippen LogP contribution in [0.3, 0.4) is 0 Å². The van der Waals surface area contributed by atoms with Gasteiger partial charge in [0.25, 0.3) is 0 Å². The van der Waals surface area contributed by atoms with Gasteiger partial charge in [0.2, 0.25) is 5.95 Å². The Morgan fingerprint density at radius 2 is 1.50 bits per heavy atom. The summed E-state index contributed by atoms with van der Waals surface area (Å²) >= 11 is 0. The molecule has 144 valence electrons. The molecule has 2 aliphatic rings. The lowest BCUT2D eigenvalue weighted by atomic mass is 10.1. The van der Waals surface area contributed by atoms with Crippen LogP contribution in [-0.4, -0.2) is 59.4 Å². The SMILES string of the molecule is c1cc(N2CCCC2)nc(N2CCN(c3ccc(-c4cn[nH]c4)cc3)CC2)n1. The molecule has 1 aromatic carbocycles. The Morgan fingerprint density at radius 1 is 0.750 bits per heavy atom. The molecule has 2 aromatic heterocycles. The van der Waals surface area contributed by atoms with Crippen LogP contribution in [0, 0.1) is 0 Å². The molecular formula is C21H25N7. The Balaban J connectivity index is 1.23. The molecule has 4 heterocycles. The zero-order valence-corrected chi connectivity index (χ0v) is 16.0. The van der Waals surface area contributed by atoms with Crippen molar-refractivity contribution in [1.82, 2.24) is 20.2 Å². The van der Waals surface area contributed by atoms with Crippen LogP contribution in [0.5, 0.6) is 0 Å². The molecule has 0 radical (unpaired) electrons. The summed E-state index contributed by atoms with van der Waals surface area (Å²) in [6, 6.07) is 10.8. The van der Waals surface area contributed by atoms with Crippen molar-refractivity contribution < 1.29 is 0 Å². The molecule has 0 atom stereocenters. The second kappa shape index (κ2) is 7.50. The number of piperazine rings is 1. The van der Waals surface area contributed by atoms with Crippen molar-refractivity contribution in [2.45, 2.75) is 12.8 Å². The number of aromatic amines is 1. The van der Waals surface area contributed by atoms with Gasteiger partial charge in [-0.15, -0.1) is 0 Å². The lowest BCUT2D eigenvalue weighted by molar-refractivity contribution is 0.639. The molecule has 0 bridgehead atoms. The number of benzene rings is 1. The summed E-state index contributed by atoms with van der Waals surface area (Å²) in [5.41, 5.74) is 3.56. The van der Waals surface area contributed by atoms with Crippen LogP contribution in [0.25, 0.3) is 11.1 Å². The number of aromatic nitrogens is 4. The number of rotatable bonds is 4. The summed E-state index contributed by atoms with van der Waals surface area (Å²) in [6.07, 6.45) is 8.19. The van der Waals surface area contributed by atoms with Crippen LogP contribution in [0.1, 0.15) is 12.8 Å². The average Bonchev–Trinajstić information content (AvgIpc) is 3.49. The molecule has 0 unspecified atom stereocenters. The first-order chi connectivity index (χ1) is 13.9. The largest absolute Gasteiger partial charge is 0.368 e. The van der Waals surface area contributed by atoms with Crippen molar-refractivity contribution >= 4 is 17.5 Å². The molecular weight excluding hydrogens is 350 g/mol. The van der Waals surface area contributed by atoms with Gasteiger partial charge in [-0.25, -0.2) is 4.98 Å². The van der Waals surface area contributed by atoms with Gasteiger partial charge in [-0.1, -0.05) is 12.1 Å². The maximum absolute atomic E-state index is 4.83. The van der Waals surface area contributed by atoms with E-state index in [2.05, 4.69) is 54.1 Å². The molecule has 3 aromatic rings. The van der Waals surface area contributed by atoms with E-state index in [4.69, 9.17) is 4.98 Å². The Morgan fingerprint density at radius 3 is 2.21 bits per heavy atom. The lowest BCUT2D eigenvalue weighted by Crippen LogP contribution is -2.47.